The third kappa shape index (κ3) is 2.61. The van der Waals surface area contributed by atoms with Gasteiger partial charge in [0.25, 0.3) is 0 Å². The first-order valence-electron chi connectivity index (χ1n) is 7.35. The van der Waals surface area contributed by atoms with Crippen molar-refractivity contribution in [3.63, 3.8) is 0 Å². The number of hydrogen-bond donors (Lipinski definition) is 0. The Morgan fingerprint density at radius 1 is 1.05 bits per heavy atom. The number of nitrogens with zero attached hydrogens (tertiary/aromatic N) is 2. The molecule has 1 aliphatic rings. The van der Waals surface area contributed by atoms with Crippen LogP contribution in [0.1, 0.15) is 28.2 Å². The highest BCUT2D eigenvalue weighted by molar-refractivity contribution is 7.10. The lowest BCUT2D eigenvalue weighted by atomic mass is 10.1. The van der Waals surface area contributed by atoms with Crippen LogP contribution in [0.4, 0.5) is 0 Å². The Hall–Kier alpha value is -2.00. The summed E-state index contributed by atoms with van der Waals surface area (Å²) in [6.45, 7) is 0. The third-order valence-electron chi connectivity index (χ3n) is 4.00. The first-order chi connectivity index (χ1) is 10.4. The zero-order chi connectivity index (χ0) is 14.1. The second kappa shape index (κ2) is 5.41. The standard InChI is InChI=1S/C18H16N2S/c1-2-9-19-16(6-1)11-18-20-17(12-21-18)15-8-7-13-4-3-5-14(13)10-15/h1-2,6-10,12H,3-5,11H2. The van der Waals surface area contributed by atoms with Gasteiger partial charge in [0.05, 0.1) is 10.7 Å². The highest BCUT2D eigenvalue weighted by Crippen LogP contribution is 2.29. The van der Waals surface area contributed by atoms with Gasteiger partial charge in [-0.1, -0.05) is 18.2 Å². The van der Waals surface area contributed by atoms with Crippen LogP contribution in [0.3, 0.4) is 0 Å². The minimum atomic E-state index is 0.816. The van der Waals surface area contributed by atoms with Crippen molar-refractivity contribution in [1.82, 2.24) is 9.97 Å². The van der Waals surface area contributed by atoms with E-state index in [0.717, 1.165) is 22.8 Å². The number of benzene rings is 1. The molecule has 2 aromatic heterocycles. The average Bonchev–Trinajstić information content (AvgIpc) is 3.16. The number of rotatable bonds is 3. The van der Waals surface area contributed by atoms with Crippen LogP contribution in [0.15, 0.2) is 48.0 Å². The van der Waals surface area contributed by atoms with Gasteiger partial charge in [0.2, 0.25) is 0 Å². The summed E-state index contributed by atoms with van der Waals surface area (Å²) in [6, 6.07) is 12.8. The second-order valence-corrected chi connectivity index (χ2v) is 6.40. The Morgan fingerprint density at radius 3 is 2.90 bits per heavy atom. The third-order valence-corrected chi connectivity index (χ3v) is 4.85. The second-order valence-electron chi connectivity index (χ2n) is 5.46. The number of thiazole rings is 1. The van der Waals surface area contributed by atoms with E-state index < -0.39 is 0 Å². The molecule has 2 heterocycles. The molecule has 0 radical (unpaired) electrons. The van der Waals surface area contributed by atoms with E-state index in [2.05, 4.69) is 34.6 Å². The number of pyridine rings is 1. The van der Waals surface area contributed by atoms with Crippen molar-refractivity contribution in [3.05, 3.63) is 69.8 Å². The molecule has 0 saturated carbocycles. The summed E-state index contributed by atoms with van der Waals surface area (Å²) in [7, 11) is 0. The van der Waals surface area contributed by atoms with Crippen LogP contribution >= 0.6 is 11.3 Å². The summed E-state index contributed by atoms with van der Waals surface area (Å²) in [5, 5.41) is 3.29. The molecule has 2 nitrogen and oxygen atoms in total. The van der Waals surface area contributed by atoms with Crippen LogP contribution in [0.25, 0.3) is 11.3 Å². The molecular formula is C18H16N2S. The highest BCUT2D eigenvalue weighted by atomic mass is 32.1. The SMILES string of the molecule is c1ccc(Cc2nc(-c3ccc4c(c3)CCC4)cs2)nc1. The zero-order valence-corrected chi connectivity index (χ0v) is 12.6. The van der Waals surface area contributed by atoms with E-state index in [1.165, 1.54) is 36.0 Å². The van der Waals surface area contributed by atoms with Crippen molar-refractivity contribution in [1.29, 1.82) is 0 Å². The van der Waals surface area contributed by atoms with Crippen molar-refractivity contribution in [3.8, 4) is 11.3 Å². The van der Waals surface area contributed by atoms with Crippen LogP contribution in [0.2, 0.25) is 0 Å². The maximum atomic E-state index is 4.78. The first-order valence-corrected chi connectivity index (χ1v) is 8.23. The summed E-state index contributed by atoms with van der Waals surface area (Å²) in [6.07, 6.45) is 6.40. The molecule has 0 saturated heterocycles. The molecule has 0 bridgehead atoms. The Balaban J connectivity index is 1.59. The van der Waals surface area contributed by atoms with Crippen molar-refractivity contribution < 1.29 is 0 Å². The molecular weight excluding hydrogens is 276 g/mol. The molecule has 0 spiro atoms. The summed E-state index contributed by atoms with van der Waals surface area (Å²) >= 11 is 1.72. The summed E-state index contributed by atoms with van der Waals surface area (Å²) < 4.78 is 0. The van der Waals surface area contributed by atoms with Gasteiger partial charge in [-0.25, -0.2) is 4.98 Å². The molecule has 4 rings (SSSR count). The quantitative estimate of drug-likeness (QED) is 0.720. The van der Waals surface area contributed by atoms with E-state index in [1.54, 1.807) is 11.3 Å². The van der Waals surface area contributed by atoms with Gasteiger partial charge in [0.1, 0.15) is 0 Å². The normalized spacial score (nSPS) is 13.3. The van der Waals surface area contributed by atoms with Gasteiger partial charge in [-0.05, 0) is 48.6 Å². The van der Waals surface area contributed by atoms with Gasteiger partial charge in [0, 0.05) is 29.3 Å². The Bertz CT molecular complexity index is 762. The lowest BCUT2D eigenvalue weighted by molar-refractivity contribution is 0.912. The van der Waals surface area contributed by atoms with Crippen LogP contribution in [0, 0.1) is 0 Å². The smallest absolute Gasteiger partial charge is 0.0992 e. The van der Waals surface area contributed by atoms with Crippen molar-refractivity contribution in [2.75, 3.05) is 0 Å². The minimum absolute atomic E-state index is 0.816. The molecule has 1 aromatic carbocycles. The van der Waals surface area contributed by atoms with Gasteiger partial charge in [-0.3, -0.25) is 4.98 Å². The van der Waals surface area contributed by atoms with Gasteiger partial charge >= 0.3 is 0 Å². The molecule has 104 valence electrons. The molecule has 0 unspecified atom stereocenters. The molecule has 0 aliphatic heterocycles. The fraction of sp³-hybridized carbons (Fsp3) is 0.222. The van der Waals surface area contributed by atoms with Crippen molar-refractivity contribution in [2.45, 2.75) is 25.7 Å². The van der Waals surface area contributed by atoms with Crippen LogP contribution in [-0.4, -0.2) is 9.97 Å². The van der Waals surface area contributed by atoms with E-state index in [4.69, 9.17) is 4.98 Å². The summed E-state index contributed by atoms with van der Waals surface area (Å²) in [4.78, 5) is 9.15. The van der Waals surface area contributed by atoms with Crippen LogP contribution < -0.4 is 0 Å². The van der Waals surface area contributed by atoms with E-state index >= 15 is 0 Å². The molecule has 0 fully saturated rings. The van der Waals surface area contributed by atoms with Crippen molar-refractivity contribution >= 4 is 11.3 Å². The first kappa shape index (κ1) is 12.7. The Kier molecular flexibility index (Phi) is 3.28. The Labute approximate surface area is 128 Å². The molecule has 0 atom stereocenters. The molecule has 3 aromatic rings. The number of aromatic nitrogens is 2. The van der Waals surface area contributed by atoms with Gasteiger partial charge in [0.15, 0.2) is 0 Å². The van der Waals surface area contributed by atoms with E-state index in [9.17, 15) is 0 Å². The van der Waals surface area contributed by atoms with E-state index in [1.807, 2.05) is 18.3 Å². The van der Waals surface area contributed by atoms with Crippen LogP contribution in [-0.2, 0) is 19.3 Å². The van der Waals surface area contributed by atoms with Crippen molar-refractivity contribution in [2.24, 2.45) is 0 Å². The maximum absolute atomic E-state index is 4.78. The van der Waals surface area contributed by atoms with Gasteiger partial charge < -0.3 is 0 Å². The highest BCUT2D eigenvalue weighted by Gasteiger charge is 2.13. The molecule has 0 N–H and O–H groups in total. The topological polar surface area (TPSA) is 25.8 Å². The van der Waals surface area contributed by atoms with E-state index in [0.29, 0.717) is 0 Å². The summed E-state index contributed by atoms with van der Waals surface area (Å²) in [5.41, 5.74) is 6.45. The minimum Gasteiger partial charge on any atom is -0.261 e. The van der Waals surface area contributed by atoms with E-state index in [-0.39, 0.29) is 0 Å². The molecule has 1 aliphatic carbocycles. The Morgan fingerprint density at radius 2 is 2.00 bits per heavy atom. The number of fused-ring (bicyclic) bond motifs is 1. The molecule has 3 heteroatoms. The predicted molar refractivity (Wildman–Crippen MR) is 86.6 cm³/mol. The van der Waals surface area contributed by atoms with Gasteiger partial charge in [-0.15, -0.1) is 11.3 Å². The largest absolute Gasteiger partial charge is 0.261 e. The lowest BCUT2D eigenvalue weighted by Crippen LogP contribution is -1.90. The van der Waals surface area contributed by atoms with Gasteiger partial charge in [-0.2, -0.15) is 0 Å². The molecule has 21 heavy (non-hydrogen) atoms. The summed E-state index contributed by atoms with van der Waals surface area (Å²) in [5.74, 6) is 0. The maximum Gasteiger partial charge on any atom is 0.0992 e. The van der Waals surface area contributed by atoms with Crippen LogP contribution in [0.5, 0.6) is 0 Å². The lowest BCUT2D eigenvalue weighted by Gasteiger charge is -2.02. The average molecular weight is 292 g/mol. The monoisotopic (exact) mass is 292 g/mol. The number of hydrogen-bond acceptors (Lipinski definition) is 3. The molecule has 0 amide bonds. The fourth-order valence-corrected chi connectivity index (χ4v) is 3.73. The number of aryl methyl sites for hydroxylation is 2. The fourth-order valence-electron chi connectivity index (χ4n) is 2.91. The zero-order valence-electron chi connectivity index (χ0n) is 11.7. The predicted octanol–water partition coefficient (Wildman–Crippen LogP) is 4.28.